The highest BCUT2D eigenvalue weighted by Gasteiger charge is 2.02. The minimum absolute atomic E-state index is 0.0465. The van der Waals surface area contributed by atoms with E-state index >= 15 is 0 Å². The molecule has 0 saturated carbocycles. The molecule has 21 heavy (non-hydrogen) atoms. The van der Waals surface area contributed by atoms with Crippen LogP contribution in [0.15, 0.2) is 42.7 Å². The lowest BCUT2D eigenvalue weighted by molar-refractivity contribution is -0.121. The van der Waals surface area contributed by atoms with E-state index < -0.39 is 0 Å². The first-order chi connectivity index (χ1) is 10.3. The Bertz CT molecular complexity index is 619. The summed E-state index contributed by atoms with van der Waals surface area (Å²) in [6.45, 7) is 0.930. The second kappa shape index (κ2) is 7.60. The fourth-order valence-corrected chi connectivity index (χ4v) is 1.67. The van der Waals surface area contributed by atoms with E-state index in [1.54, 1.807) is 24.5 Å². The lowest BCUT2D eigenvalue weighted by atomic mass is 10.3. The van der Waals surface area contributed by atoms with Crippen molar-refractivity contribution in [3.63, 3.8) is 0 Å². The zero-order chi connectivity index (χ0) is 14.9. The van der Waals surface area contributed by atoms with Gasteiger partial charge in [-0.2, -0.15) is 5.26 Å². The maximum absolute atomic E-state index is 11.7. The van der Waals surface area contributed by atoms with Crippen molar-refractivity contribution in [1.29, 1.82) is 5.26 Å². The minimum Gasteiger partial charge on any atom is -0.383 e. The van der Waals surface area contributed by atoms with Crippen molar-refractivity contribution in [2.75, 3.05) is 11.9 Å². The van der Waals surface area contributed by atoms with E-state index in [1.807, 2.05) is 24.3 Å². The predicted octanol–water partition coefficient (Wildman–Crippen LogP) is 1.47. The van der Waals surface area contributed by atoms with E-state index in [0.717, 1.165) is 11.4 Å². The first kappa shape index (κ1) is 14.5. The normalized spacial score (nSPS) is 9.67. The lowest BCUT2D eigenvalue weighted by Crippen LogP contribution is -2.25. The number of nitriles is 1. The van der Waals surface area contributed by atoms with Gasteiger partial charge in [-0.1, -0.05) is 6.07 Å². The number of hydrogen-bond donors (Lipinski definition) is 2. The number of rotatable bonds is 6. The predicted molar refractivity (Wildman–Crippen MR) is 78.1 cm³/mol. The molecule has 2 rings (SSSR count). The molecule has 0 radical (unpaired) electrons. The molecular formula is C15H15N5O. The summed E-state index contributed by atoms with van der Waals surface area (Å²) in [5.41, 5.74) is 1.98. The number of nitrogens with zero attached hydrogens (tertiary/aromatic N) is 3. The van der Waals surface area contributed by atoms with Gasteiger partial charge in [0.2, 0.25) is 5.91 Å². The van der Waals surface area contributed by atoms with Crippen molar-refractivity contribution in [1.82, 2.24) is 15.3 Å². The van der Waals surface area contributed by atoms with Gasteiger partial charge in [0, 0.05) is 19.2 Å². The van der Waals surface area contributed by atoms with Crippen LogP contribution in [0.5, 0.6) is 0 Å². The number of nitrogens with one attached hydrogen (secondary N) is 2. The number of pyridine rings is 2. The van der Waals surface area contributed by atoms with Crippen molar-refractivity contribution < 1.29 is 4.79 Å². The second-order valence-corrected chi connectivity index (χ2v) is 4.32. The molecule has 2 aromatic rings. The van der Waals surface area contributed by atoms with Crippen LogP contribution in [0.25, 0.3) is 0 Å². The molecule has 0 spiro atoms. The fraction of sp³-hybridized carbons (Fsp3) is 0.200. The van der Waals surface area contributed by atoms with Crippen LogP contribution in [0.3, 0.4) is 0 Å². The molecule has 0 aliphatic carbocycles. The van der Waals surface area contributed by atoms with Gasteiger partial charge in [0.15, 0.2) is 0 Å². The van der Waals surface area contributed by atoms with E-state index in [1.165, 1.54) is 0 Å². The molecule has 0 bridgehead atoms. The van der Waals surface area contributed by atoms with Gasteiger partial charge in [0.05, 0.1) is 24.1 Å². The van der Waals surface area contributed by atoms with Crippen molar-refractivity contribution in [3.8, 4) is 6.07 Å². The van der Waals surface area contributed by atoms with Crippen LogP contribution < -0.4 is 10.6 Å². The molecule has 0 fully saturated rings. The van der Waals surface area contributed by atoms with Gasteiger partial charge in [-0.3, -0.25) is 9.78 Å². The van der Waals surface area contributed by atoms with E-state index in [4.69, 9.17) is 5.26 Å². The van der Waals surface area contributed by atoms with Gasteiger partial charge in [-0.05, 0) is 24.3 Å². The van der Waals surface area contributed by atoms with Crippen molar-refractivity contribution >= 4 is 11.6 Å². The summed E-state index contributed by atoms with van der Waals surface area (Å²) >= 11 is 0. The Kier molecular flexibility index (Phi) is 5.24. The molecule has 0 aliphatic rings. The Labute approximate surface area is 122 Å². The Morgan fingerprint density at radius 2 is 2.14 bits per heavy atom. The zero-order valence-electron chi connectivity index (χ0n) is 11.4. The van der Waals surface area contributed by atoms with Crippen LogP contribution in [-0.4, -0.2) is 22.4 Å². The quantitative estimate of drug-likeness (QED) is 0.836. The largest absolute Gasteiger partial charge is 0.383 e. The molecule has 0 atom stereocenters. The average Bonchev–Trinajstić information content (AvgIpc) is 2.54. The Balaban J connectivity index is 1.68. The molecule has 6 heteroatoms. The van der Waals surface area contributed by atoms with E-state index in [-0.39, 0.29) is 5.91 Å². The fourth-order valence-electron chi connectivity index (χ4n) is 1.67. The summed E-state index contributed by atoms with van der Waals surface area (Å²) in [6, 6.07) is 10.9. The summed E-state index contributed by atoms with van der Waals surface area (Å²) in [5.74, 6) is -0.0465. The van der Waals surface area contributed by atoms with E-state index in [2.05, 4.69) is 20.6 Å². The molecule has 0 aliphatic heterocycles. The Hall–Kier alpha value is -2.94. The van der Waals surface area contributed by atoms with Crippen LogP contribution in [0, 0.1) is 11.3 Å². The number of amides is 1. The van der Waals surface area contributed by atoms with Crippen LogP contribution in [0.4, 0.5) is 5.69 Å². The maximum atomic E-state index is 11.7. The summed E-state index contributed by atoms with van der Waals surface area (Å²) in [7, 11) is 0. The lowest BCUT2D eigenvalue weighted by Gasteiger charge is -2.07. The summed E-state index contributed by atoms with van der Waals surface area (Å²) in [6.07, 6.45) is 3.62. The SMILES string of the molecule is N#Cc1ccc(NCCC(=O)NCc2ccccn2)cn1. The Morgan fingerprint density at radius 3 is 2.81 bits per heavy atom. The molecule has 0 unspecified atom stereocenters. The third kappa shape index (κ3) is 4.91. The molecule has 2 aromatic heterocycles. The number of carbonyl (C=O) groups excluding carboxylic acids is 1. The number of hydrogen-bond acceptors (Lipinski definition) is 5. The summed E-state index contributed by atoms with van der Waals surface area (Å²) in [5, 5.41) is 14.5. The first-order valence-electron chi connectivity index (χ1n) is 6.54. The van der Waals surface area contributed by atoms with Crippen molar-refractivity contribution in [2.45, 2.75) is 13.0 Å². The highest BCUT2D eigenvalue weighted by atomic mass is 16.1. The van der Waals surface area contributed by atoms with Gasteiger partial charge in [-0.25, -0.2) is 4.98 Å². The molecule has 2 heterocycles. The van der Waals surface area contributed by atoms with Crippen LogP contribution in [0.2, 0.25) is 0 Å². The molecule has 0 saturated heterocycles. The van der Waals surface area contributed by atoms with Crippen molar-refractivity contribution in [3.05, 3.63) is 54.1 Å². The average molecular weight is 281 g/mol. The van der Waals surface area contributed by atoms with Crippen LogP contribution >= 0.6 is 0 Å². The molecule has 106 valence electrons. The summed E-state index contributed by atoms with van der Waals surface area (Å²) in [4.78, 5) is 19.7. The third-order valence-corrected chi connectivity index (χ3v) is 2.75. The van der Waals surface area contributed by atoms with Crippen molar-refractivity contribution in [2.24, 2.45) is 0 Å². The van der Waals surface area contributed by atoms with Crippen LogP contribution in [0.1, 0.15) is 17.8 Å². The molecular weight excluding hydrogens is 266 g/mol. The highest BCUT2D eigenvalue weighted by Crippen LogP contribution is 2.05. The first-order valence-corrected chi connectivity index (χ1v) is 6.54. The van der Waals surface area contributed by atoms with Gasteiger partial charge in [-0.15, -0.1) is 0 Å². The minimum atomic E-state index is -0.0465. The zero-order valence-corrected chi connectivity index (χ0v) is 11.4. The highest BCUT2D eigenvalue weighted by molar-refractivity contribution is 5.76. The topological polar surface area (TPSA) is 90.7 Å². The van der Waals surface area contributed by atoms with E-state index in [0.29, 0.717) is 25.2 Å². The van der Waals surface area contributed by atoms with Gasteiger partial charge < -0.3 is 10.6 Å². The monoisotopic (exact) mass is 281 g/mol. The third-order valence-electron chi connectivity index (χ3n) is 2.75. The maximum Gasteiger partial charge on any atom is 0.222 e. The van der Waals surface area contributed by atoms with Gasteiger partial charge in [0.1, 0.15) is 11.8 Å². The van der Waals surface area contributed by atoms with Gasteiger partial charge >= 0.3 is 0 Å². The van der Waals surface area contributed by atoms with Crippen LogP contribution in [-0.2, 0) is 11.3 Å². The van der Waals surface area contributed by atoms with Gasteiger partial charge in [0.25, 0.3) is 0 Å². The standard InChI is InChI=1S/C15H15N5O/c16-9-12-4-5-14(10-19-12)18-8-6-15(21)20-11-13-3-1-2-7-17-13/h1-5,7,10,18H,6,8,11H2,(H,20,21). The second-order valence-electron chi connectivity index (χ2n) is 4.32. The number of aromatic nitrogens is 2. The van der Waals surface area contributed by atoms with E-state index in [9.17, 15) is 4.79 Å². The molecule has 6 nitrogen and oxygen atoms in total. The number of carbonyl (C=O) groups is 1. The molecule has 2 N–H and O–H groups in total. The number of anilines is 1. The smallest absolute Gasteiger partial charge is 0.222 e. The Morgan fingerprint density at radius 1 is 1.24 bits per heavy atom. The molecule has 1 amide bonds. The summed E-state index contributed by atoms with van der Waals surface area (Å²) < 4.78 is 0. The molecule has 0 aromatic carbocycles.